The molecule has 3 heteroatoms. The quantitative estimate of drug-likeness (QED) is 0.837. The maximum atomic E-state index is 11.3. The highest BCUT2D eigenvalue weighted by molar-refractivity contribution is 5.68. The van der Waals surface area contributed by atoms with Crippen molar-refractivity contribution in [2.75, 3.05) is 13.6 Å². The van der Waals surface area contributed by atoms with Crippen LogP contribution in [0.15, 0.2) is 0 Å². The van der Waals surface area contributed by atoms with Crippen molar-refractivity contribution in [1.82, 2.24) is 4.90 Å². The van der Waals surface area contributed by atoms with E-state index in [-0.39, 0.29) is 5.54 Å². The Morgan fingerprint density at radius 2 is 1.95 bits per heavy atom. The van der Waals surface area contributed by atoms with Gasteiger partial charge in [-0.3, -0.25) is 9.69 Å². The molecule has 0 saturated heterocycles. The second-order valence-electron chi connectivity index (χ2n) is 7.67. The third kappa shape index (κ3) is 2.74. The Labute approximate surface area is 122 Å². The molecule has 0 heterocycles. The Hall–Kier alpha value is -0.570. The molecule has 114 valence electrons. The van der Waals surface area contributed by atoms with Gasteiger partial charge >= 0.3 is 5.97 Å². The summed E-state index contributed by atoms with van der Waals surface area (Å²) in [5.41, 5.74) is -0.0497. The Kier molecular flexibility index (Phi) is 4.07. The summed E-state index contributed by atoms with van der Waals surface area (Å²) in [7, 11) is 2.19. The Bertz CT molecular complexity index is 362. The van der Waals surface area contributed by atoms with Gasteiger partial charge in [-0.2, -0.15) is 0 Å². The molecule has 3 nitrogen and oxygen atoms in total. The molecule has 3 aliphatic carbocycles. The van der Waals surface area contributed by atoms with E-state index in [0.717, 1.165) is 37.1 Å². The van der Waals surface area contributed by atoms with Crippen LogP contribution >= 0.6 is 0 Å². The molecule has 0 radical (unpaired) electrons. The SMILES string of the molecule is CN(CC1CC2CCC1C2)C1(CC(=O)O)CCCCC1. The summed E-state index contributed by atoms with van der Waals surface area (Å²) < 4.78 is 0. The van der Waals surface area contributed by atoms with Crippen molar-refractivity contribution in [2.45, 2.75) is 69.7 Å². The second-order valence-corrected chi connectivity index (χ2v) is 7.67. The van der Waals surface area contributed by atoms with Crippen molar-refractivity contribution in [2.24, 2.45) is 17.8 Å². The number of carboxylic acids is 1. The van der Waals surface area contributed by atoms with Crippen molar-refractivity contribution in [3.05, 3.63) is 0 Å². The monoisotopic (exact) mass is 279 g/mol. The van der Waals surface area contributed by atoms with Gasteiger partial charge in [-0.05, 0) is 56.9 Å². The number of nitrogens with zero attached hydrogens (tertiary/aromatic N) is 1. The van der Waals surface area contributed by atoms with Crippen LogP contribution in [0.25, 0.3) is 0 Å². The standard InChI is InChI=1S/C17H29NO2/c1-18(12-15-10-13-5-6-14(15)9-13)17(11-16(19)20)7-3-2-4-8-17/h13-15H,2-12H2,1H3,(H,19,20). The van der Waals surface area contributed by atoms with Crippen molar-refractivity contribution < 1.29 is 9.90 Å². The van der Waals surface area contributed by atoms with Gasteiger partial charge in [0.1, 0.15) is 0 Å². The average molecular weight is 279 g/mol. The molecule has 3 aliphatic rings. The smallest absolute Gasteiger partial charge is 0.305 e. The minimum absolute atomic E-state index is 0.0497. The van der Waals surface area contributed by atoms with Crippen LogP contribution in [-0.2, 0) is 4.79 Å². The highest BCUT2D eigenvalue weighted by Crippen LogP contribution is 2.49. The predicted molar refractivity (Wildman–Crippen MR) is 79.6 cm³/mol. The van der Waals surface area contributed by atoms with Crippen LogP contribution in [0.3, 0.4) is 0 Å². The van der Waals surface area contributed by atoms with Crippen LogP contribution in [-0.4, -0.2) is 35.1 Å². The topological polar surface area (TPSA) is 40.5 Å². The summed E-state index contributed by atoms with van der Waals surface area (Å²) in [6, 6.07) is 0. The lowest BCUT2D eigenvalue weighted by atomic mass is 9.77. The van der Waals surface area contributed by atoms with Gasteiger partial charge in [-0.1, -0.05) is 25.7 Å². The molecule has 20 heavy (non-hydrogen) atoms. The van der Waals surface area contributed by atoms with Gasteiger partial charge in [0.25, 0.3) is 0 Å². The first-order chi connectivity index (χ1) is 9.59. The van der Waals surface area contributed by atoms with E-state index in [0.29, 0.717) is 6.42 Å². The summed E-state index contributed by atoms with van der Waals surface area (Å²) >= 11 is 0. The van der Waals surface area contributed by atoms with E-state index >= 15 is 0 Å². The maximum absolute atomic E-state index is 11.3. The fraction of sp³-hybridized carbons (Fsp3) is 0.941. The number of rotatable bonds is 5. The molecule has 2 bridgehead atoms. The van der Waals surface area contributed by atoms with Crippen molar-refractivity contribution in [3.8, 4) is 0 Å². The van der Waals surface area contributed by atoms with E-state index in [2.05, 4.69) is 11.9 Å². The molecule has 0 aliphatic heterocycles. The molecule has 0 aromatic rings. The van der Waals surface area contributed by atoms with E-state index in [1.165, 1.54) is 44.9 Å². The van der Waals surface area contributed by atoms with Crippen LogP contribution in [0, 0.1) is 17.8 Å². The van der Waals surface area contributed by atoms with Crippen LogP contribution < -0.4 is 0 Å². The van der Waals surface area contributed by atoms with Gasteiger partial charge in [0.05, 0.1) is 6.42 Å². The molecular weight excluding hydrogens is 250 g/mol. The first-order valence-electron chi connectivity index (χ1n) is 8.52. The molecule has 3 atom stereocenters. The number of fused-ring (bicyclic) bond motifs is 2. The van der Waals surface area contributed by atoms with E-state index in [1.807, 2.05) is 0 Å². The van der Waals surface area contributed by atoms with Crippen molar-refractivity contribution in [1.29, 1.82) is 0 Å². The number of carboxylic acid groups (broad SMARTS) is 1. The molecular formula is C17H29NO2. The largest absolute Gasteiger partial charge is 0.481 e. The second kappa shape index (κ2) is 5.67. The highest BCUT2D eigenvalue weighted by atomic mass is 16.4. The Morgan fingerprint density at radius 1 is 1.20 bits per heavy atom. The minimum atomic E-state index is -0.619. The van der Waals surface area contributed by atoms with Crippen molar-refractivity contribution >= 4 is 5.97 Å². The number of aliphatic carboxylic acids is 1. The zero-order valence-corrected chi connectivity index (χ0v) is 12.8. The van der Waals surface area contributed by atoms with Crippen LogP contribution in [0.4, 0.5) is 0 Å². The van der Waals surface area contributed by atoms with Gasteiger partial charge in [0, 0.05) is 12.1 Å². The van der Waals surface area contributed by atoms with Crippen LogP contribution in [0.1, 0.15) is 64.2 Å². The Morgan fingerprint density at radius 3 is 2.50 bits per heavy atom. The van der Waals surface area contributed by atoms with Gasteiger partial charge in [0.15, 0.2) is 0 Å². The van der Waals surface area contributed by atoms with E-state index in [1.54, 1.807) is 0 Å². The molecule has 0 aromatic carbocycles. The number of hydrogen-bond donors (Lipinski definition) is 1. The molecule has 0 aromatic heterocycles. The molecule has 0 amide bonds. The van der Waals surface area contributed by atoms with Gasteiger partial charge < -0.3 is 5.11 Å². The fourth-order valence-electron chi connectivity index (χ4n) is 5.33. The van der Waals surface area contributed by atoms with Crippen molar-refractivity contribution in [3.63, 3.8) is 0 Å². The molecule has 3 rings (SSSR count). The van der Waals surface area contributed by atoms with E-state index < -0.39 is 5.97 Å². The van der Waals surface area contributed by atoms with E-state index in [4.69, 9.17) is 0 Å². The van der Waals surface area contributed by atoms with Gasteiger partial charge in [-0.25, -0.2) is 0 Å². The molecule has 1 N–H and O–H groups in total. The van der Waals surface area contributed by atoms with Gasteiger partial charge in [-0.15, -0.1) is 0 Å². The third-order valence-electron chi connectivity index (χ3n) is 6.47. The number of hydrogen-bond acceptors (Lipinski definition) is 2. The molecule has 3 saturated carbocycles. The molecule has 3 fully saturated rings. The van der Waals surface area contributed by atoms with Crippen LogP contribution in [0.2, 0.25) is 0 Å². The summed E-state index contributed by atoms with van der Waals surface area (Å²) in [6.45, 7) is 1.13. The highest BCUT2D eigenvalue weighted by Gasteiger charge is 2.43. The first kappa shape index (κ1) is 14.4. The van der Waals surface area contributed by atoms with E-state index in [9.17, 15) is 9.90 Å². The van der Waals surface area contributed by atoms with Gasteiger partial charge in [0.2, 0.25) is 0 Å². The zero-order chi connectivity index (χ0) is 14.2. The lowest BCUT2D eigenvalue weighted by molar-refractivity contribution is -0.141. The summed E-state index contributed by atoms with van der Waals surface area (Å²) in [4.78, 5) is 13.8. The summed E-state index contributed by atoms with van der Waals surface area (Å²) in [6.07, 6.45) is 11.9. The molecule has 0 spiro atoms. The fourth-order valence-corrected chi connectivity index (χ4v) is 5.33. The first-order valence-corrected chi connectivity index (χ1v) is 8.52. The zero-order valence-electron chi connectivity index (χ0n) is 12.8. The van der Waals surface area contributed by atoms with Crippen LogP contribution in [0.5, 0.6) is 0 Å². The molecule has 3 unspecified atom stereocenters. The minimum Gasteiger partial charge on any atom is -0.481 e. The lowest BCUT2D eigenvalue weighted by Gasteiger charge is -2.45. The summed E-state index contributed by atoms with van der Waals surface area (Å²) in [5.74, 6) is 2.14. The summed E-state index contributed by atoms with van der Waals surface area (Å²) in [5, 5.41) is 9.32. The lowest BCUT2D eigenvalue weighted by Crippen LogP contribution is -2.51. The average Bonchev–Trinajstić information content (AvgIpc) is 3.01. The third-order valence-corrected chi connectivity index (χ3v) is 6.47. The normalized spacial score (nSPS) is 35.6. The number of carbonyl (C=O) groups is 1. The maximum Gasteiger partial charge on any atom is 0.305 e. The Balaban J connectivity index is 1.65. The predicted octanol–water partition coefficient (Wildman–Crippen LogP) is 3.53.